The van der Waals surface area contributed by atoms with E-state index in [1.807, 2.05) is 6.07 Å². The van der Waals surface area contributed by atoms with Gasteiger partial charge in [-0.3, -0.25) is 4.79 Å². The van der Waals surface area contributed by atoms with Gasteiger partial charge in [-0.1, -0.05) is 0 Å². The number of hydrogen-bond donors (Lipinski definition) is 1. The van der Waals surface area contributed by atoms with Crippen LogP contribution in [0, 0.1) is 5.41 Å². The summed E-state index contributed by atoms with van der Waals surface area (Å²) in [5, 5.41) is 2.96. The second kappa shape index (κ2) is 9.29. The molecule has 3 aliphatic rings. The number of hydrogen-bond acceptors (Lipinski definition) is 6. The molecule has 2 aromatic rings. The Labute approximate surface area is 207 Å². The third kappa shape index (κ3) is 5.07. The van der Waals surface area contributed by atoms with Crippen molar-refractivity contribution in [3.63, 3.8) is 0 Å². The molecule has 5 rings (SSSR count). The van der Waals surface area contributed by atoms with Gasteiger partial charge in [0, 0.05) is 55.4 Å². The van der Waals surface area contributed by atoms with Crippen LogP contribution < -0.4 is 19.9 Å². The maximum Gasteiger partial charge on any atom is 0.505 e. The second-order valence-corrected chi connectivity index (χ2v) is 10.4. The minimum Gasteiger partial charge on any atom is -0.493 e. The standard InChI is InChI=1S/C25H28F2N4O3S/c1-34-21-5-4-19(28-22(21)31-14-10-25(26,27)11-15-31)23(32)29-18-3-2-17(35-33)16-20(18)30-12-8-24(6-7-24)9-13-30/h2-5,16H,6-15H2,1H3/p+1. The van der Waals surface area contributed by atoms with E-state index < -0.39 is 11.8 Å². The molecule has 1 aromatic carbocycles. The first-order valence-corrected chi connectivity index (χ1v) is 12.7. The number of nitrogens with one attached hydrogen (secondary N) is 1. The third-order valence-corrected chi connectivity index (χ3v) is 7.97. The van der Waals surface area contributed by atoms with Crippen molar-refractivity contribution in [2.75, 3.05) is 48.4 Å². The van der Waals surface area contributed by atoms with Crippen LogP contribution in [0.2, 0.25) is 0 Å². The number of piperidine rings is 2. The Kier molecular flexibility index (Phi) is 6.33. The molecule has 2 saturated heterocycles. The minimum atomic E-state index is -2.68. The van der Waals surface area contributed by atoms with Crippen molar-refractivity contribution in [1.82, 2.24) is 4.98 Å². The van der Waals surface area contributed by atoms with E-state index in [1.54, 1.807) is 29.2 Å². The van der Waals surface area contributed by atoms with Crippen molar-refractivity contribution in [2.45, 2.75) is 49.3 Å². The molecule has 2 aliphatic heterocycles. The Hall–Kier alpha value is -2.88. The van der Waals surface area contributed by atoms with Gasteiger partial charge in [-0.2, -0.15) is 0 Å². The summed E-state index contributed by atoms with van der Waals surface area (Å²) in [6.45, 7) is 2.05. The van der Waals surface area contributed by atoms with E-state index in [1.165, 1.54) is 20.0 Å². The predicted octanol–water partition coefficient (Wildman–Crippen LogP) is 4.75. The van der Waals surface area contributed by atoms with Crippen LogP contribution in [0.4, 0.5) is 26.0 Å². The lowest BCUT2D eigenvalue weighted by molar-refractivity contribution is -0.0222. The highest BCUT2D eigenvalue weighted by molar-refractivity contribution is 7.65. The van der Waals surface area contributed by atoms with Crippen molar-refractivity contribution in [3.8, 4) is 5.75 Å². The van der Waals surface area contributed by atoms with Gasteiger partial charge in [0.25, 0.3) is 16.7 Å². The number of amides is 1. The van der Waals surface area contributed by atoms with E-state index in [0.29, 0.717) is 39.2 Å². The van der Waals surface area contributed by atoms with Crippen molar-refractivity contribution < 1.29 is 22.5 Å². The molecule has 186 valence electrons. The van der Waals surface area contributed by atoms with Gasteiger partial charge < -0.3 is 19.9 Å². The molecule has 1 saturated carbocycles. The summed E-state index contributed by atoms with van der Waals surface area (Å²) in [5.41, 5.74) is 2.13. The Morgan fingerprint density at radius 3 is 2.31 bits per heavy atom. The number of halogens is 2. The van der Waals surface area contributed by atoms with Crippen LogP contribution in [0.25, 0.3) is 0 Å². The molecule has 1 amide bonds. The topological polar surface area (TPSA) is 74.8 Å². The fourth-order valence-corrected chi connectivity index (χ4v) is 5.29. The summed E-state index contributed by atoms with van der Waals surface area (Å²) in [7, 11) is 1.49. The first-order valence-electron chi connectivity index (χ1n) is 12.0. The van der Waals surface area contributed by atoms with E-state index in [4.69, 9.17) is 4.74 Å². The summed E-state index contributed by atoms with van der Waals surface area (Å²) < 4.78 is 44.1. The molecule has 3 fully saturated rings. The zero-order chi connectivity index (χ0) is 24.6. The number of methoxy groups -OCH3 is 1. The highest BCUT2D eigenvalue weighted by atomic mass is 32.1. The summed E-state index contributed by atoms with van der Waals surface area (Å²) in [4.78, 5) is 22.3. The molecule has 35 heavy (non-hydrogen) atoms. The van der Waals surface area contributed by atoms with Gasteiger partial charge in [0.1, 0.15) is 5.69 Å². The largest absolute Gasteiger partial charge is 0.505 e. The third-order valence-electron chi connectivity index (χ3n) is 7.52. The number of carbonyl (C=O) groups excluding carboxylic acids is 1. The first kappa shape index (κ1) is 23.8. The average Bonchev–Trinajstić information content (AvgIpc) is 3.63. The van der Waals surface area contributed by atoms with Crippen LogP contribution in [0.5, 0.6) is 5.75 Å². The SMILES string of the molecule is COc1ccc(C(=O)Nc2ccc([S+]=O)cc2N2CCC3(CC2)CC3)nc1N1CCC(F)(F)CC1. The van der Waals surface area contributed by atoms with Gasteiger partial charge in [0.2, 0.25) is 0 Å². The van der Waals surface area contributed by atoms with E-state index in [-0.39, 0.29) is 31.6 Å². The van der Waals surface area contributed by atoms with E-state index in [9.17, 15) is 17.8 Å². The number of aromatic nitrogens is 1. The van der Waals surface area contributed by atoms with Gasteiger partial charge in [0.15, 0.2) is 11.6 Å². The van der Waals surface area contributed by atoms with Crippen LogP contribution >= 0.6 is 0 Å². The molecule has 0 atom stereocenters. The molecule has 7 nitrogen and oxygen atoms in total. The lowest BCUT2D eigenvalue weighted by Crippen LogP contribution is -2.40. The quantitative estimate of drug-likeness (QED) is 0.574. The van der Waals surface area contributed by atoms with Crippen LogP contribution in [0.1, 0.15) is 49.0 Å². The number of pyridine rings is 1. The van der Waals surface area contributed by atoms with Crippen molar-refractivity contribution in [2.24, 2.45) is 5.41 Å². The first-order chi connectivity index (χ1) is 16.8. The minimum absolute atomic E-state index is 0.135. The number of carbonyl (C=O) groups is 1. The number of benzene rings is 1. The van der Waals surface area contributed by atoms with E-state index in [0.717, 1.165) is 31.6 Å². The second-order valence-electron chi connectivity index (χ2n) is 9.77. The Bertz CT molecular complexity index is 1120. The number of alkyl halides is 2. The highest BCUT2D eigenvalue weighted by Gasteiger charge is 2.44. The summed E-state index contributed by atoms with van der Waals surface area (Å²) in [6, 6.07) is 8.49. The molecule has 0 radical (unpaired) electrons. The number of rotatable bonds is 6. The van der Waals surface area contributed by atoms with Crippen LogP contribution in [0.15, 0.2) is 35.2 Å². The predicted molar refractivity (Wildman–Crippen MR) is 131 cm³/mol. The molecule has 1 N–H and O–H groups in total. The molecule has 1 aliphatic carbocycles. The van der Waals surface area contributed by atoms with Crippen molar-refractivity contribution >= 4 is 34.8 Å². The lowest BCUT2D eigenvalue weighted by Gasteiger charge is -2.34. The monoisotopic (exact) mass is 503 g/mol. The van der Waals surface area contributed by atoms with Gasteiger partial charge in [-0.25, -0.2) is 13.8 Å². The highest BCUT2D eigenvalue weighted by Crippen LogP contribution is 2.54. The molecule has 0 unspecified atom stereocenters. The lowest BCUT2D eigenvalue weighted by atomic mass is 9.93. The molecule has 1 spiro atoms. The van der Waals surface area contributed by atoms with Crippen molar-refractivity contribution in [3.05, 3.63) is 36.0 Å². The fraction of sp³-hybridized carbons (Fsp3) is 0.520. The van der Waals surface area contributed by atoms with Gasteiger partial charge in [0.05, 0.1) is 18.5 Å². The maximum absolute atomic E-state index is 13.6. The van der Waals surface area contributed by atoms with E-state index >= 15 is 0 Å². The Balaban J connectivity index is 1.37. The molecule has 10 heteroatoms. The van der Waals surface area contributed by atoms with E-state index in [2.05, 4.69) is 15.2 Å². The molecule has 0 bridgehead atoms. The maximum atomic E-state index is 13.6. The summed E-state index contributed by atoms with van der Waals surface area (Å²) in [6.07, 6.45) is 4.29. The molecule has 3 heterocycles. The Morgan fingerprint density at radius 1 is 1.00 bits per heavy atom. The normalized spacial score (nSPS) is 20.4. The number of ether oxygens (including phenoxy) is 1. The van der Waals surface area contributed by atoms with Crippen molar-refractivity contribution in [1.29, 1.82) is 0 Å². The van der Waals surface area contributed by atoms with Crippen LogP contribution in [-0.4, -0.2) is 50.1 Å². The van der Waals surface area contributed by atoms with Gasteiger partial charge in [-0.15, -0.1) is 0 Å². The average molecular weight is 504 g/mol. The molecular weight excluding hydrogens is 474 g/mol. The van der Waals surface area contributed by atoms with Gasteiger partial charge >= 0.3 is 11.7 Å². The van der Waals surface area contributed by atoms with Crippen LogP contribution in [0.3, 0.4) is 0 Å². The molecule has 1 aromatic heterocycles. The zero-order valence-corrected chi connectivity index (χ0v) is 20.5. The molecular formula is C25H29F2N4O3S+. The van der Waals surface area contributed by atoms with Crippen LogP contribution in [-0.2, 0) is 15.9 Å². The zero-order valence-electron chi connectivity index (χ0n) is 19.7. The van der Waals surface area contributed by atoms with Gasteiger partial charge in [-0.05, 0) is 49.3 Å². The number of nitrogens with zero attached hydrogens (tertiary/aromatic N) is 3. The number of anilines is 3. The summed E-state index contributed by atoms with van der Waals surface area (Å²) >= 11 is 0.430. The fourth-order valence-electron chi connectivity index (χ4n) is 5.01. The Morgan fingerprint density at radius 2 is 1.69 bits per heavy atom. The summed E-state index contributed by atoms with van der Waals surface area (Å²) in [5.74, 6) is -2.26. The smallest absolute Gasteiger partial charge is 0.493 e.